The molecule has 0 fully saturated rings. The normalized spacial score (nSPS) is 13.9. The van der Waals surface area contributed by atoms with Gasteiger partial charge in [-0.15, -0.1) is 0 Å². The summed E-state index contributed by atoms with van der Waals surface area (Å²) in [5.74, 6) is 0. The van der Waals surface area contributed by atoms with E-state index in [9.17, 15) is 13.2 Å². The fraction of sp³-hybridized carbons (Fsp3) is 0.455. The molecular weight excluding hydrogens is 205 g/mol. The minimum absolute atomic E-state index is 0.187. The van der Waals surface area contributed by atoms with E-state index in [2.05, 4.69) is 0 Å². The summed E-state index contributed by atoms with van der Waals surface area (Å²) >= 11 is 0. The zero-order valence-electron chi connectivity index (χ0n) is 8.64. The van der Waals surface area contributed by atoms with Crippen LogP contribution < -0.4 is 0 Å². The number of hydrogen-bond donors (Lipinski definition) is 0. The number of halogens is 3. The van der Waals surface area contributed by atoms with Gasteiger partial charge in [0.25, 0.3) is 0 Å². The van der Waals surface area contributed by atoms with Crippen molar-refractivity contribution in [3.05, 3.63) is 35.4 Å². The molecule has 1 unspecified atom stereocenters. The zero-order valence-corrected chi connectivity index (χ0v) is 8.64. The average molecular weight is 218 g/mol. The zero-order chi connectivity index (χ0) is 11.5. The summed E-state index contributed by atoms with van der Waals surface area (Å²) in [5, 5.41) is 0. The Kier molecular flexibility index (Phi) is 3.74. The highest BCUT2D eigenvalue weighted by atomic mass is 19.4. The Morgan fingerprint density at radius 1 is 1.27 bits per heavy atom. The van der Waals surface area contributed by atoms with E-state index in [0.29, 0.717) is 6.61 Å². The molecule has 1 atom stereocenters. The molecule has 0 bridgehead atoms. The molecule has 0 N–H and O–H groups in total. The van der Waals surface area contributed by atoms with Gasteiger partial charge in [0.15, 0.2) is 0 Å². The van der Waals surface area contributed by atoms with Crippen LogP contribution in [0.2, 0.25) is 0 Å². The van der Waals surface area contributed by atoms with E-state index in [1.807, 2.05) is 0 Å². The van der Waals surface area contributed by atoms with Crippen molar-refractivity contribution in [1.29, 1.82) is 0 Å². The van der Waals surface area contributed by atoms with Crippen molar-refractivity contribution in [2.75, 3.05) is 6.61 Å². The van der Waals surface area contributed by atoms with Crippen LogP contribution in [0.3, 0.4) is 0 Å². The van der Waals surface area contributed by atoms with Crippen LogP contribution in [-0.2, 0) is 10.9 Å². The molecule has 1 rings (SSSR count). The van der Waals surface area contributed by atoms with Gasteiger partial charge in [-0.1, -0.05) is 18.2 Å². The van der Waals surface area contributed by atoms with Crippen LogP contribution in [0.4, 0.5) is 13.2 Å². The van der Waals surface area contributed by atoms with E-state index >= 15 is 0 Å². The van der Waals surface area contributed by atoms with E-state index in [4.69, 9.17) is 4.74 Å². The molecular formula is C11H13F3O. The molecule has 1 aromatic carbocycles. The van der Waals surface area contributed by atoms with Crippen LogP contribution in [0.15, 0.2) is 24.3 Å². The van der Waals surface area contributed by atoms with Crippen LogP contribution in [0.1, 0.15) is 31.1 Å². The fourth-order valence-electron chi connectivity index (χ4n) is 1.45. The van der Waals surface area contributed by atoms with Crippen molar-refractivity contribution in [3.63, 3.8) is 0 Å². The molecule has 0 heterocycles. The Bertz CT molecular complexity index is 320. The van der Waals surface area contributed by atoms with Crippen LogP contribution >= 0.6 is 0 Å². The van der Waals surface area contributed by atoms with Gasteiger partial charge in [0.2, 0.25) is 0 Å². The molecule has 0 radical (unpaired) electrons. The van der Waals surface area contributed by atoms with Crippen molar-refractivity contribution < 1.29 is 17.9 Å². The predicted octanol–water partition coefficient (Wildman–Crippen LogP) is 3.80. The summed E-state index contributed by atoms with van der Waals surface area (Å²) in [6.45, 7) is 3.77. The van der Waals surface area contributed by atoms with Crippen molar-refractivity contribution in [2.24, 2.45) is 0 Å². The molecule has 0 spiro atoms. The van der Waals surface area contributed by atoms with Crippen molar-refractivity contribution in [2.45, 2.75) is 26.1 Å². The second-order valence-corrected chi connectivity index (χ2v) is 3.18. The molecule has 15 heavy (non-hydrogen) atoms. The fourth-order valence-corrected chi connectivity index (χ4v) is 1.45. The van der Waals surface area contributed by atoms with Crippen LogP contribution in [0.25, 0.3) is 0 Å². The lowest BCUT2D eigenvalue weighted by atomic mass is 10.0. The van der Waals surface area contributed by atoms with Gasteiger partial charge in [0, 0.05) is 6.61 Å². The molecule has 0 aliphatic heterocycles. The lowest BCUT2D eigenvalue weighted by molar-refractivity contribution is -0.139. The highest BCUT2D eigenvalue weighted by Gasteiger charge is 2.34. The van der Waals surface area contributed by atoms with Gasteiger partial charge in [-0.2, -0.15) is 13.2 Å². The Balaban J connectivity index is 3.06. The van der Waals surface area contributed by atoms with Crippen LogP contribution in [-0.4, -0.2) is 6.61 Å². The third-order valence-corrected chi connectivity index (χ3v) is 2.12. The molecule has 0 aliphatic carbocycles. The Morgan fingerprint density at radius 2 is 1.87 bits per heavy atom. The minimum atomic E-state index is -4.32. The van der Waals surface area contributed by atoms with E-state index < -0.39 is 17.8 Å². The Morgan fingerprint density at radius 3 is 2.40 bits per heavy atom. The van der Waals surface area contributed by atoms with Crippen molar-refractivity contribution >= 4 is 0 Å². The lowest BCUT2D eigenvalue weighted by Gasteiger charge is -2.17. The van der Waals surface area contributed by atoms with Gasteiger partial charge in [-0.3, -0.25) is 0 Å². The minimum Gasteiger partial charge on any atom is -0.374 e. The first-order valence-corrected chi connectivity index (χ1v) is 4.74. The van der Waals surface area contributed by atoms with E-state index in [0.717, 1.165) is 6.07 Å². The van der Waals surface area contributed by atoms with Gasteiger partial charge >= 0.3 is 6.18 Å². The molecule has 0 aliphatic rings. The second-order valence-electron chi connectivity index (χ2n) is 3.18. The number of benzene rings is 1. The summed E-state index contributed by atoms with van der Waals surface area (Å²) in [6, 6.07) is 5.49. The molecule has 0 saturated heterocycles. The maximum Gasteiger partial charge on any atom is 0.416 e. The van der Waals surface area contributed by atoms with Crippen molar-refractivity contribution in [1.82, 2.24) is 0 Å². The van der Waals surface area contributed by atoms with Gasteiger partial charge in [-0.25, -0.2) is 0 Å². The maximum absolute atomic E-state index is 12.6. The standard InChI is InChI=1S/C11H13F3O/c1-3-15-8(2)9-6-4-5-7-10(9)11(12,13)14/h4-8H,3H2,1-2H3. The molecule has 0 saturated carbocycles. The topological polar surface area (TPSA) is 9.23 Å². The summed E-state index contributed by atoms with van der Waals surface area (Å²) in [6.07, 6.45) is -4.85. The first kappa shape index (κ1) is 12.0. The summed E-state index contributed by atoms with van der Waals surface area (Å²) in [7, 11) is 0. The van der Waals surface area contributed by atoms with Gasteiger partial charge in [0.05, 0.1) is 11.7 Å². The maximum atomic E-state index is 12.6. The van der Waals surface area contributed by atoms with Gasteiger partial charge < -0.3 is 4.74 Å². The number of hydrogen-bond acceptors (Lipinski definition) is 1. The highest BCUT2D eigenvalue weighted by molar-refractivity contribution is 5.31. The SMILES string of the molecule is CCOC(C)c1ccccc1C(F)(F)F. The second kappa shape index (κ2) is 4.66. The third-order valence-electron chi connectivity index (χ3n) is 2.12. The monoisotopic (exact) mass is 218 g/mol. The number of rotatable bonds is 3. The Labute approximate surface area is 86.9 Å². The summed E-state index contributed by atoms with van der Waals surface area (Å²) < 4.78 is 42.9. The molecule has 84 valence electrons. The first-order valence-electron chi connectivity index (χ1n) is 4.74. The molecule has 0 aromatic heterocycles. The molecule has 4 heteroatoms. The highest BCUT2D eigenvalue weighted by Crippen LogP contribution is 2.35. The summed E-state index contributed by atoms with van der Waals surface area (Å²) in [4.78, 5) is 0. The average Bonchev–Trinajstić information content (AvgIpc) is 2.17. The molecule has 0 amide bonds. The van der Waals surface area contributed by atoms with Gasteiger partial charge in [0.1, 0.15) is 0 Å². The number of ether oxygens (including phenoxy) is 1. The van der Waals surface area contributed by atoms with Gasteiger partial charge in [-0.05, 0) is 25.5 Å². The summed E-state index contributed by atoms with van der Waals surface area (Å²) in [5.41, 5.74) is -0.433. The molecule has 1 nitrogen and oxygen atoms in total. The number of alkyl halides is 3. The largest absolute Gasteiger partial charge is 0.416 e. The van der Waals surface area contributed by atoms with E-state index in [-0.39, 0.29) is 5.56 Å². The molecule has 1 aromatic rings. The predicted molar refractivity (Wildman–Crippen MR) is 51.5 cm³/mol. The van der Waals surface area contributed by atoms with E-state index in [1.165, 1.54) is 12.1 Å². The van der Waals surface area contributed by atoms with E-state index in [1.54, 1.807) is 19.9 Å². The lowest BCUT2D eigenvalue weighted by Crippen LogP contribution is -2.12. The quantitative estimate of drug-likeness (QED) is 0.749. The Hall–Kier alpha value is -1.03. The third kappa shape index (κ3) is 2.96. The smallest absolute Gasteiger partial charge is 0.374 e. The first-order chi connectivity index (χ1) is 6.96. The van der Waals surface area contributed by atoms with Crippen LogP contribution in [0.5, 0.6) is 0 Å². The van der Waals surface area contributed by atoms with Crippen LogP contribution in [0, 0.1) is 0 Å². The van der Waals surface area contributed by atoms with Crippen molar-refractivity contribution in [3.8, 4) is 0 Å².